The van der Waals surface area contributed by atoms with Crippen molar-refractivity contribution in [1.29, 1.82) is 0 Å². The number of rotatable bonds is 6. The number of anilines is 2. The predicted octanol–water partition coefficient (Wildman–Crippen LogP) is 2.53. The predicted molar refractivity (Wildman–Crippen MR) is 65.9 cm³/mol. The zero-order chi connectivity index (χ0) is 13.5. The number of amides is 1. The fourth-order valence-electron chi connectivity index (χ4n) is 1.18. The minimum absolute atomic E-state index is 0.0204. The lowest BCUT2D eigenvalue weighted by Gasteiger charge is -2.08. The summed E-state index contributed by atoms with van der Waals surface area (Å²) in [6, 6.07) is 4.66. The summed E-state index contributed by atoms with van der Waals surface area (Å²) < 4.78 is 28.1. The van der Waals surface area contributed by atoms with Crippen molar-refractivity contribution in [3.63, 3.8) is 0 Å². The molecule has 18 heavy (non-hydrogen) atoms. The van der Waals surface area contributed by atoms with Crippen molar-refractivity contribution >= 4 is 28.9 Å². The summed E-state index contributed by atoms with van der Waals surface area (Å²) in [7, 11) is 0. The molecule has 0 spiro atoms. The van der Waals surface area contributed by atoms with Gasteiger partial charge in [-0.25, -0.2) is 8.78 Å². The summed E-state index contributed by atoms with van der Waals surface area (Å²) >= 11 is 5.85. The number of nitrogens with two attached hydrogens (primary N) is 1. The average Bonchev–Trinajstić information content (AvgIpc) is 2.28. The number of nitrogens with one attached hydrogen (secondary N) is 1. The van der Waals surface area contributed by atoms with Crippen LogP contribution in [0, 0.1) is 0 Å². The van der Waals surface area contributed by atoms with Crippen LogP contribution in [0.25, 0.3) is 0 Å². The summed E-state index contributed by atoms with van der Waals surface area (Å²) in [6.45, 7) is -0.737. The van der Waals surface area contributed by atoms with Gasteiger partial charge in [-0.1, -0.05) is 11.6 Å². The van der Waals surface area contributed by atoms with Gasteiger partial charge in [0.1, 0.15) is 6.61 Å². The van der Waals surface area contributed by atoms with Gasteiger partial charge in [0.05, 0.1) is 23.7 Å². The highest BCUT2D eigenvalue weighted by Crippen LogP contribution is 2.23. The van der Waals surface area contributed by atoms with E-state index in [-0.39, 0.29) is 18.9 Å². The molecule has 100 valence electrons. The number of alkyl halides is 2. The second-order valence-corrected chi connectivity index (χ2v) is 3.91. The van der Waals surface area contributed by atoms with Crippen molar-refractivity contribution in [2.45, 2.75) is 12.8 Å². The van der Waals surface area contributed by atoms with E-state index < -0.39 is 13.0 Å². The second kappa shape index (κ2) is 7.13. The highest BCUT2D eigenvalue weighted by atomic mass is 35.5. The Hall–Kier alpha value is -1.40. The number of ether oxygens (including phenoxy) is 1. The first-order valence-corrected chi connectivity index (χ1v) is 5.57. The maximum absolute atomic E-state index is 11.7. The van der Waals surface area contributed by atoms with Crippen LogP contribution < -0.4 is 11.1 Å². The van der Waals surface area contributed by atoms with E-state index in [9.17, 15) is 13.6 Å². The Bertz CT molecular complexity index is 416. The number of carbonyl (C=O) groups excluding carboxylic acids is 1. The van der Waals surface area contributed by atoms with Gasteiger partial charge in [-0.2, -0.15) is 0 Å². The normalized spacial score (nSPS) is 10.7. The maximum atomic E-state index is 11.7. The summed E-state index contributed by atoms with van der Waals surface area (Å²) in [5.74, 6) is -0.365. The number of hydrogen-bond acceptors (Lipinski definition) is 3. The van der Waals surface area contributed by atoms with Gasteiger partial charge in [0.15, 0.2) is 0 Å². The van der Waals surface area contributed by atoms with Crippen molar-refractivity contribution in [3.8, 4) is 0 Å². The molecule has 1 aromatic carbocycles. The molecule has 0 bridgehead atoms. The zero-order valence-electron chi connectivity index (χ0n) is 9.46. The van der Waals surface area contributed by atoms with Gasteiger partial charge in [0.25, 0.3) is 6.43 Å². The molecule has 0 fully saturated rings. The van der Waals surface area contributed by atoms with Crippen LogP contribution in [0.1, 0.15) is 6.42 Å². The minimum atomic E-state index is -2.53. The van der Waals surface area contributed by atoms with Crippen molar-refractivity contribution in [2.24, 2.45) is 0 Å². The lowest BCUT2D eigenvalue weighted by Crippen LogP contribution is -2.15. The lowest BCUT2D eigenvalue weighted by molar-refractivity contribution is -0.117. The minimum Gasteiger partial charge on any atom is -0.399 e. The number of carbonyl (C=O) groups is 1. The molecule has 0 aliphatic heterocycles. The van der Waals surface area contributed by atoms with Gasteiger partial charge in [-0.3, -0.25) is 4.79 Å². The molecule has 0 unspecified atom stereocenters. The monoisotopic (exact) mass is 278 g/mol. The molecule has 0 aromatic heterocycles. The number of nitrogen functional groups attached to an aromatic ring is 1. The third kappa shape index (κ3) is 5.29. The van der Waals surface area contributed by atoms with Crippen LogP contribution in [-0.4, -0.2) is 25.5 Å². The summed E-state index contributed by atoms with van der Waals surface area (Å²) in [4.78, 5) is 11.4. The second-order valence-electron chi connectivity index (χ2n) is 3.50. The van der Waals surface area contributed by atoms with Crippen molar-refractivity contribution < 1.29 is 18.3 Å². The highest BCUT2D eigenvalue weighted by molar-refractivity contribution is 6.34. The molecular formula is C11H13ClF2N2O2. The van der Waals surface area contributed by atoms with Crippen LogP contribution in [0.4, 0.5) is 20.2 Å². The van der Waals surface area contributed by atoms with Gasteiger partial charge >= 0.3 is 0 Å². The Labute approximate surface area is 108 Å². The molecular weight excluding hydrogens is 266 g/mol. The quantitative estimate of drug-likeness (QED) is 0.621. The molecule has 1 aromatic rings. The SMILES string of the molecule is Nc1ccc(NC(=O)CCOCC(F)F)c(Cl)c1. The average molecular weight is 279 g/mol. The van der Waals surface area contributed by atoms with Gasteiger partial charge in [0, 0.05) is 5.69 Å². The molecule has 0 saturated carbocycles. The molecule has 1 amide bonds. The number of halogens is 3. The van der Waals surface area contributed by atoms with Crippen LogP contribution in [0.5, 0.6) is 0 Å². The Kier molecular flexibility index (Phi) is 5.80. The third-order valence-electron chi connectivity index (χ3n) is 1.98. The molecule has 4 nitrogen and oxygen atoms in total. The van der Waals surface area contributed by atoms with E-state index in [0.717, 1.165) is 0 Å². The van der Waals surface area contributed by atoms with E-state index >= 15 is 0 Å². The van der Waals surface area contributed by atoms with Crippen molar-refractivity contribution in [3.05, 3.63) is 23.2 Å². The van der Waals surface area contributed by atoms with E-state index in [1.54, 1.807) is 12.1 Å². The highest BCUT2D eigenvalue weighted by Gasteiger charge is 2.07. The number of hydrogen-bond donors (Lipinski definition) is 2. The van der Waals surface area contributed by atoms with E-state index in [1.165, 1.54) is 6.07 Å². The van der Waals surface area contributed by atoms with E-state index in [1.807, 2.05) is 0 Å². The molecule has 0 aliphatic carbocycles. The zero-order valence-corrected chi connectivity index (χ0v) is 10.2. The lowest BCUT2D eigenvalue weighted by atomic mass is 10.2. The van der Waals surface area contributed by atoms with E-state index in [0.29, 0.717) is 16.4 Å². The van der Waals surface area contributed by atoms with Crippen molar-refractivity contribution in [2.75, 3.05) is 24.3 Å². The Morgan fingerprint density at radius 2 is 2.22 bits per heavy atom. The summed E-state index contributed by atoms with van der Waals surface area (Å²) in [5, 5.41) is 2.85. The fourth-order valence-corrected chi connectivity index (χ4v) is 1.42. The molecule has 3 N–H and O–H groups in total. The molecule has 0 heterocycles. The summed E-state index contributed by atoms with van der Waals surface area (Å²) in [5.41, 5.74) is 6.40. The molecule has 0 atom stereocenters. The first kappa shape index (κ1) is 14.7. The van der Waals surface area contributed by atoms with Gasteiger partial charge in [0.2, 0.25) is 5.91 Å². The van der Waals surface area contributed by atoms with Crippen LogP contribution >= 0.6 is 11.6 Å². The number of benzene rings is 1. The topological polar surface area (TPSA) is 64.3 Å². The van der Waals surface area contributed by atoms with E-state index in [4.69, 9.17) is 17.3 Å². The maximum Gasteiger partial charge on any atom is 0.261 e. The van der Waals surface area contributed by atoms with E-state index in [2.05, 4.69) is 10.1 Å². The van der Waals surface area contributed by atoms with Gasteiger partial charge < -0.3 is 15.8 Å². The molecule has 0 saturated heterocycles. The van der Waals surface area contributed by atoms with Crippen molar-refractivity contribution in [1.82, 2.24) is 0 Å². The molecule has 0 radical (unpaired) electrons. The molecule has 1 rings (SSSR count). The van der Waals surface area contributed by atoms with Crippen LogP contribution in [0.15, 0.2) is 18.2 Å². The first-order chi connectivity index (χ1) is 8.49. The Morgan fingerprint density at radius 3 is 2.83 bits per heavy atom. The van der Waals surface area contributed by atoms with Gasteiger partial charge in [-0.05, 0) is 18.2 Å². The molecule has 7 heteroatoms. The van der Waals surface area contributed by atoms with Crippen LogP contribution in [0.3, 0.4) is 0 Å². The summed E-state index contributed by atoms with van der Waals surface area (Å²) in [6.07, 6.45) is -2.55. The third-order valence-corrected chi connectivity index (χ3v) is 2.30. The first-order valence-electron chi connectivity index (χ1n) is 5.20. The fraction of sp³-hybridized carbons (Fsp3) is 0.364. The van der Waals surface area contributed by atoms with Crippen LogP contribution in [0.2, 0.25) is 5.02 Å². The Balaban J connectivity index is 2.35. The smallest absolute Gasteiger partial charge is 0.261 e. The Morgan fingerprint density at radius 1 is 1.50 bits per heavy atom. The standard InChI is InChI=1S/C11H13ClF2N2O2/c12-8-5-7(15)1-2-9(8)16-11(17)3-4-18-6-10(13)14/h1-2,5,10H,3-4,6,15H2,(H,16,17). The van der Waals surface area contributed by atoms with Crippen LogP contribution in [-0.2, 0) is 9.53 Å². The van der Waals surface area contributed by atoms with Gasteiger partial charge in [-0.15, -0.1) is 0 Å². The largest absolute Gasteiger partial charge is 0.399 e. The molecule has 0 aliphatic rings.